The third-order valence-corrected chi connectivity index (χ3v) is 6.22. The topological polar surface area (TPSA) is 116 Å². The quantitative estimate of drug-likeness (QED) is 0.347. The molecule has 9 heteroatoms. The van der Waals surface area contributed by atoms with E-state index in [2.05, 4.69) is 11.8 Å². The Morgan fingerprint density at radius 3 is 2.44 bits per heavy atom. The predicted octanol–water partition coefficient (Wildman–Crippen LogP) is 3.21. The number of fused-ring (bicyclic) bond motifs is 1. The molecule has 0 bridgehead atoms. The molecule has 0 saturated carbocycles. The average molecular weight is 485 g/mol. The summed E-state index contributed by atoms with van der Waals surface area (Å²) in [7, 11) is -2.10. The number of benzene rings is 2. The molecule has 0 fully saturated rings. The Labute approximate surface area is 200 Å². The van der Waals surface area contributed by atoms with Gasteiger partial charge in [-0.2, -0.15) is 0 Å². The highest BCUT2D eigenvalue weighted by atomic mass is 32.2. The summed E-state index contributed by atoms with van der Waals surface area (Å²) in [6.45, 7) is 4.15. The number of nitrogens with zero attached hydrogens (tertiary/aromatic N) is 1. The zero-order valence-electron chi connectivity index (χ0n) is 19.7. The van der Waals surface area contributed by atoms with Crippen molar-refractivity contribution in [1.29, 1.82) is 0 Å². The summed E-state index contributed by atoms with van der Waals surface area (Å²) in [6.07, 6.45) is 2.63. The van der Waals surface area contributed by atoms with E-state index < -0.39 is 33.4 Å². The summed E-state index contributed by atoms with van der Waals surface area (Å²) >= 11 is 0. The van der Waals surface area contributed by atoms with Crippen LogP contribution in [0.15, 0.2) is 30.3 Å². The molecule has 2 aromatic rings. The second-order valence-electron chi connectivity index (χ2n) is 7.97. The fourth-order valence-corrected chi connectivity index (χ4v) is 4.75. The maximum atomic E-state index is 13.4. The van der Waals surface area contributed by atoms with Crippen molar-refractivity contribution in [1.82, 2.24) is 4.90 Å². The van der Waals surface area contributed by atoms with E-state index in [4.69, 9.17) is 15.2 Å². The molecular weight excluding hydrogens is 456 g/mol. The summed E-state index contributed by atoms with van der Waals surface area (Å²) < 4.78 is 35.5. The van der Waals surface area contributed by atoms with Gasteiger partial charge in [0.1, 0.15) is 9.84 Å². The highest BCUT2D eigenvalue weighted by molar-refractivity contribution is 7.90. The smallest absolute Gasteiger partial charge is 0.264 e. The number of amides is 2. The number of carbonyl (C=O) groups is 2. The first kappa shape index (κ1) is 25.1. The highest BCUT2D eigenvalue weighted by Gasteiger charge is 2.43. The Morgan fingerprint density at radius 1 is 1.09 bits per heavy atom. The second-order valence-corrected chi connectivity index (χ2v) is 10.2. The number of nitrogens with two attached hydrogens (primary N) is 1. The molecule has 180 valence electrons. The molecule has 3 rings (SSSR count). The average Bonchev–Trinajstić information content (AvgIpc) is 3.02. The third kappa shape index (κ3) is 5.18. The number of anilines is 1. The van der Waals surface area contributed by atoms with E-state index in [1.807, 2.05) is 6.92 Å². The molecule has 1 aliphatic rings. The molecule has 1 aliphatic heterocycles. The molecular formula is C25H28N2O6S. The molecule has 0 aliphatic carbocycles. The standard InChI is InChI=1S/C25H28N2O6S/c1-5-7-8-9-16-12-18-23(19(26)13-16)25(29)27(24(18)28)20(15-34(4,30)31)17-10-11-21(32-3)22(14-17)33-6-2/h10-14,20H,5-7,15,26H2,1-4H3. The molecule has 0 spiro atoms. The highest BCUT2D eigenvalue weighted by Crippen LogP contribution is 2.38. The first-order valence-electron chi connectivity index (χ1n) is 10.9. The normalized spacial score (nSPS) is 13.8. The number of sulfone groups is 1. The van der Waals surface area contributed by atoms with Crippen LogP contribution in [0.1, 0.15) is 64.6 Å². The van der Waals surface area contributed by atoms with Crippen LogP contribution in [-0.4, -0.2) is 50.9 Å². The monoisotopic (exact) mass is 484 g/mol. The van der Waals surface area contributed by atoms with Crippen LogP contribution in [0.2, 0.25) is 0 Å². The van der Waals surface area contributed by atoms with E-state index in [9.17, 15) is 18.0 Å². The molecule has 2 N–H and O–H groups in total. The van der Waals surface area contributed by atoms with Gasteiger partial charge in [0, 0.05) is 23.9 Å². The molecule has 2 amide bonds. The minimum atomic E-state index is -3.59. The van der Waals surface area contributed by atoms with E-state index in [1.54, 1.807) is 31.2 Å². The van der Waals surface area contributed by atoms with Gasteiger partial charge in [-0.15, -0.1) is 0 Å². The Balaban J connectivity index is 2.11. The molecule has 1 unspecified atom stereocenters. The predicted molar refractivity (Wildman–Crippen MR) is 130 cm³/mol. The van der Waals surface area contributed by atoms with Crippen molar-refractivity contribution >= 4 is 27.3 Å². The molecule has 0 radical (unpaired) electrons. The van der Waals surface area contributed by atoms with Crippen molar-refractivity contribution in [2.24, 2.45) is 0 Å². The SMILES string of the molecule is CCCC#Cc1cc(N)c2c(c1)C(=O)N(C(CS(C)(=O)=O)c1ccc(OC)c(OCC)c1)C2=O. The van der Waals surface area contributed by atoms with Crippen molar-refractivity contribution in [2.75, 3.05) is 31.5 Å². The maximum absolute atomic E-state index is 13.4. The molecule has 1 atom stereocenters. The van der Waals surface area contributed by atoms with E-state index in [0.29, 0.717) is 35.7 Å². The van der Waals surface area contributed by atoms with Crippen molar-refractivity contribution < 1.29 is 27.5 Å². The van der Waals surface area contributed by atoms with Crippen molar-refractivity contribution in [3.63, 3.8) is 0 Å². The Kier molecular flexibility index (Phi) is 7.52. The van der Waals surface area contributed by atoms with Crippen LogP contribution in [0, 0.1) is 11.8 Å². The lowest BCUT2D eigenvalue weighted by molar-refractivity contribution is 0.0598. The maximum Gasteiger partial charge on any atom is 0.264 e. The Morgan fingerprint density at radius 2 is 1.82 bits per heavy atom. The lowest BCUT2D eigenvalue weighted by atomic mass is 10.0. The number of hydrogen-bond acceptors (Lipinski definition) is 7. The van der Waals surface area contributed by atoms with Crippen molar-refractivity contribution in [3.8, 4) is 23.3 Å². The van der Waals surface area contributed by atoms with E-state index in [0.717, 1.165) is 17.6 Å². The van der Waals surface area contributed by atoms with Gasteiger partial charge in [-0.1, -0.05) is 24.8 Å². The molecule has 34 heavy (non-hydrogen) atoms. The number of ether oxygens (including phenoxy) is 2. The van der Waals surface area contributed by atoms with Crippen LogP contribution >= 0.6 is 0 Å². The first-order chi connectivity index (χ1) is 16.1. The van der Waals surface area contributed by atoms with Crippen molar-refractivity contribution in [3.05, 3.63) is 52.6 Å². The molecule has 0 aromatic heterocycles. The van der Waals surface area contributed by atoms with Gasteiger partial charge in [-0.05, 0) is 43.2 Å². The number of hydrogen-bond donors (Lipinski definition) is 1. The molecule has 1 heterocycles. The minimum absolute atomic E-state index is 0.0584. The summed E-state index contributed by atoms with van der Waals surface area (Å²) in [4.78, 5) is 27.8. The molecule has 8 nitrogen and oxygen atoms in total. The van der Waals surface area contributed by atoms with Crippen molar-refractivity contribution in [2.45, 2.75) is 32.7 Å². The number of nitrogen functional groups attached to an aromatic ring is 1. The van der Waals surface area contributed by atoms with Gasteiger partial charge in [-0.3, -0.25) is 14.5 Å². The first-order valence-corrected chi connectivity index (χ1v) is 13.0. The lowest BCUT2D eigenvalue weighted by Gasteiger charge is -2.26. The van der Waals surface area contributed by atoms with Gasteiger partial charge in [-0.25, -0.2) is 8.42 Å². The van der Waals surface area contributed by atoms with Gasteiger partial charge >= 0.3 is 0 Å². The molecule has 2 aromatic carbocycles. The van der Waals surface area contributed by atoms with Gasteiger partial charge in [0.25, 0.3) is 11.8 Å². The summed E-state index contributed by atoms with van der Waals surface area (Å²) in [5.74, 6) is 5.06. The summed E-state index contributed by atoms with van der Waals surface area (Å²) in [5, 5.41) is 0. The number of carbonyl (C=O) groups excluding carboxylic acids is 2. The van der Waals surface area contributed by atoms with E-state index in [1.165, 1.54) is 13.2 Å². The van der Waals surface area contributed by atoms with Gasteiger partial charge < -0.3 is 15.2 Å². The van der Waals surface area contributed by atoms with Crippen LogP contribution in [0.4, 0.5) is 5.69 Å². The van der Waals surface area contributed by atoms with E-state index in [-0.39, 0.29) is 16.8 Å². The lowest BCUT2D eigenvalue weighted by Crippen LogP contribution is -2.37. The van der Waals surface area contributed by atoms with Crippen LogP contribution in [0.3, 0.4) is 0 Å². The Hall–Kier alpha value is -3.51. The number of unbranched alkanes of at least 4 members (excludes halogenated alkanes) is 1. The number of imide groups is 1. The fourth-order valence-electron chi connectivity index (χ4n) is 3.83. The third-order valence-electron chi connectivity index (χ3n) is 5.30. The van der Waals surface area contributed by atoms with Crippen LogP contribution in [0.5, 0.6) is 11.5 Å². The number of rotatable bonds is 8. The minimum Gasteiger partial charge on any atom is -0.493 e. The zero-order valence-corrected chi connectivity index (χ0v) is 20.5. The van der Waals surface area contributed by atoms with Gasteiger partial charge in [0.15, 0.2) is 11.5 Å². The fraction of sp³-hybridized carbons (Fsp3) is 0.360. The number of methoxy groups -OCH3 is 1. The summed E-state index contributed by atoms with van der Waals surface area (Å²) in [5.41, 5.74) is 7.38. The van der Waals surface area contributed by atoms with Gasteiger partial charge in [0.05, 0.1) is 36.6 Å². The van der Waals surface area contributed by atoms with Crippen LogP contribution in [0.25, 0.3) is 0 Å². The summed E-state index contributed by atoms with van der Waals surface area (Å²) in [6, 6.07) is 6.83. The van der Waals surface area contributed by atoms with Gasteiger partial charge in [0.2, 0.25) is 0 Å². The second kappa shape index (κ2) is 10.2. The van der Waals surface area contributed by atoms with Crippen LogP contribution in [-0.2, 0) is 9.84 Å². The Bertz CT molecular complexity index is 1290. The zero-order chi connectivity index (χ0) is 25.0. The van der Waals surface area contributed by atoms with Crippen LogP contribution < -0.4 is 15.2 Å². The largest absolute Gasteiger partial charge is 0.493 e. The van der Waals surface area contributed by atoms with E-state index >= 15 is 0 Å². The molecule has 0 saturated heterocycles.